The third-order valence-corrected chi connectivity index (χ3v) is 4.01. The molecule has 1 amide bonds. The molecule has 0 spiro atoms. The van der Waals surface area contributed by atoms with E-state index >= 15 is 0 Å². The molecule has 0 atom stereocenters. The lowest BCUT2D eigenvalue weighted by molar-refractivity contribution is -0.118. The van der Waals surface area contributed by atoms with Crippen molar-refractivity contribution in [2.45, 2.75) is 40.3 Å². The second-order valence-electron chi connectivity index (χ2n) is 6.94. The highest BCUT2D eigenvalue weighted by Gasteiger charge is 2.10. The van der Waals surface area contributed by atoms with E-state index in [4.69, 9.17) is 16.3 Å². The molecule has 0 bridgehead atoms. The number of rotatable bonds is 9. The molecule has 8 heteroatoms. The lowest BCUT2D eigenvalue weighted by atomic mass is 10.1. The van der Waals surface area contributed by atoms with Gasteiger partial charge in [0.1, 0.15) is 5.82 Å². The van der Waals surface area contributed by atoms with Gasteiger partial charge in [-0.05, 0) is 50.6 Å². The van der Waals surface area contributed by atoms with Gasteiger partial charge in [-0.1, -0.05) is 17.7 Å². The van der Waals surface area contributed by atoms with Crippen LogP contribution in [0.3, 0.4) is 0 Å². The Morgan fingerprint density at radius 3 is 2.50 bits per heavy atom. The van der Waals surface area contributed by atoms with Crippen molar-refractivity contribution in [2.75, 3.05) is 5.32 Å². The Hall–Kier alpha value is -3.06. The van der Waals surface area contributed by atoms with Gasteiger partial charge in [-0.3, -0.25) is 9.59 Å². The maximum absolute atomic E-state index is 14.3. The molecule has 0 aliphatic heterocycles. The first-order chi connectivity index (χ1) is 14.1. The fraction of sp³-hybridized carbons (Fsp3) is 0.273. The Morgan fingerprint density at radius 1 is 1.17 bits per heavy atom. The topological polar surface area (TPSA) is 79.5 Å². The standard InChI is InChI=1S/C22H25ClFN3O3/c1-13(2)30-21-8-7-18(11-19(21)24)27-20-10-17(23)6-5-16(20)12-25-22(9-14(3)28)26-15(4)29/h5-11,13,25,27H,12H2,1-4H3,(H,26,29)/b22-9+. The summed E-state index contributed by atoms with van der Waals surface area (Å²) in [7, 11) is 0. The van der Waals surface area contributed by atoms with Crippen molar-refractivity contribution >= 4 is 34.7 Å². The number of hydrogen-bond donors (Lipinski definition) is 3. The summed E-state index contributed by atoms with van der Waals surface area (Å²) in [6.45, 7) is 6.68. The first-order valence-electron chi connectivity index (χ1n) is 9.39. The van der Waals surface area contributed by atoms with Crippen molar-refractivity contribution in [3.8, 4) is 5.75 Å². The quantitative estimate of drug-likeness (QED) is 0.501. The van der Waals surface area contributed by atoms with Gasteiger partial charge >= 0.3 is 0 Å². The van der Waals surface area contributed by atoms with Crippen LogP contribution in [0, 0.1) is 5.82 Å². The van der Waals surface area contributed by atoms with Crippen LogP contribution in [0.1, 0.15) is 33.3 Å². The summed E-state index contributed by atoms with van der Waals surface area (Å²) >= 11 is 6.13. The number of carbonyl (C=O) groups is 2. The minimum Gasteiger partial charge on any atom is -0.488 e. The molecule has 2 aromatic carbocycles. The number of carbonyl (C=O) groups excluding carboxylic acids is 2. The van der Waals surface area contributed by atoms with E-state index in [2.05, 4.69) is 16.0 Å². The number of halogens is 2. The molecule has 160 valence electrons. The molecule has 3 N–H and O–H groups in total. The molecule has 30 heavy (non-hydrogen) atoms. The average Bonchev–Trinajstić information content (AvgIpc) is 2.62. The summed E-state index contributed by atoms with van der Waals surface area (Å²) in [5.41, 5.74) is 1.97. The average molecular weight is 434 g/mol. The van der Waals surface area contributed by atoms with Crippen LogP contribution >= 0.6 is 11.6 Å². The van der Waals surface area contributed by atoms with Gasteiger partial charge in [0, 0.05) is 42.0 Å². The molecule has 0 unspecified atom stereocenters. The number of hydrogen-bond acceptors (Lipinski definition) is 5. The lowest BCUT2D eigenvalue weighted by Crippen LogP contribution is -2.30. The monoisotopic (exact) mass is 433 g/mol. The molecule has 0 saturated heterocycles. The van der Waals surface area contributed by atoms with Crippen LogP contribution in [0.15, 0.2) is 48.3 Å². The van der Waals surface area contributed by atoms with E-state index in [1.54, 1.807) is 30.3 Å². The second-order valence-corrected chi connectivity index (χ2v) is 7.38. The van der Waals surface area contributed by atoms with E-state index in [1.807, 2.05) is 13.8 Å². The van der Waals surface area contributed by atoms with Gasteiger partial charge in [-0.25, -0.2) is 4.39 Å². The number of ether oxygens (including phenoxy) is 1. The first kappa shape index (κ1) is 23.2. The van der Waals surface area contributed by atoms with Gasteiger partial charge in [-0.15, -0.1) is 0 Å². The molecule has 0 aromatic heterocycles. The lowest BCUT2D eigenvalue weighted by Gasteiger charge is -2.16. The molecule has 0 radical (unpaired) electrons. The van der Waals surface area contributed by atoms with Gasteiger partial charge in [0.25, 0.3) is 0 Å². The Morgan fingerprint density at radius 2 is 1.90 bits per heavy atom. The van der Waals surface area contributed by atoms with E-state index in [-0.39, 0.29) is 35.9 Å². The number of amides is 1. The maximum atomic E-state index is 14.3. The predicted molar refractivity (Wildman–Crippen MR) is 116 cm³/mol. The zero-order chi connectivity index (χ0) is 22.3. The molecule has 6 nitrogen and oxygen atoms in total. The molecule has 0 heterocycles. The Balaban J connectivity index is 2.22. The molecular weight excluding hydrogens is 409 g/mol. The highest BCUT2D eigenvalue weighted by molar-refractivity contribution is 6.30. The van der Waals surface area contributed by atoms with Crippen LogP contribution < -0.4 is 20.7 Å². The Kier molecular flexibility index (Phi) is 8.24. The normalized spacial score (nSPS) is 11.2. The molecule has 0 fully saturated rings. The summed E-state index contributed by atoms with van der Waals surface area (Å²) in [6, 6.07) is 9.83. The number of benzene rings is 2. The van der Waals surface area contributed by atoms with Crippen molar-refractivity contribution in [3.63, 3.8) is 0 Å². The first-order valence-corrected chi connectivity index (χ1v) is 9.77. The molecule has 0 aliphatic carbocycles. The van der Waals surface area contributed by atoms with Gasteiger partial charge in [-0.2, -0.15) is 0 Å². The molecule has 2 rings (SSSR count). The zero-order valence-corrected chi connectivity index (χ0v) is 18.1. The van der Waals surface area contributed by atoms with Gasteiger partial charge in [0.05, 0.1) is 6.10 Å². The summed E-state index contributed by atoms with van der Waals surface area (Å²) in [4.78, 5) is 22.7. The number of ketones is 1. The van der Waals surface area contributed by atoms with Crippen LogP contribution in [0.5, 0.6) is 5.75 Å². The van der Waals surface area contributed by atoms with Crippen LogP contribution in [0.4, 0.5) is 15.8 Å². The molecule has 2 aromatic rings. The van der Waals surface area contributed by atoms with Crippen molar-refractivity contribution in [1.82, 2.24) is 10.6 Å². The minimum absolute atomic E-state index is 0.134. The molecular formula is C22H25ClFN3O3. The SMILES string of the molecule is CC(=O)/C=C(\NCc1ccc(Cl)cc1Nc1ccc(OC(C)C)c(F)c1)NC(C)=O. The van der Waals surface area contributed by atoms with E-state index in [0.29, 0.717) is 16.4 Å². The van der Waals surface area contributed by atoms with Gasteiger partial charge in [0.15, 0.2) is 17.3 Å². The highest BCUT2D eigenvalue weighted by atomic mass is 35.5. The van der Waals surface area contributed by atoms with E-state index < -0.39 is 5.82 Å². The number of allylic oxidation sites excluding steroid dienone is 1. The van der Waals surface area contributed by atoms with E-state index in [0.717, 1.165) is 5.56 Å². The van der Waals surface area contributed by atoms with Crippen LogP contribution in [0.25, 0.3) is 0 Å². The summed E-state index contributed by atoms with van der Waals surface area (Å²) < 4.78 is 19.7. The Bertz CT molecular complexity index is 961. The second kappa shape index (κ2) is 10.6. The van der Waals surface area contributed by atoms with Gasteiger partial charge < -0.3 is 20.7 Å². The molecule has 0 aliphatic rings. The summed E-state index contributed by atoms with van der Waals surface area (Å²) in [6.07, 6.45) is 1.16. The third kappa shape index (κ3) is 7.40. The summed E-state index contributed by atoms with van der Waals surface area (Å²) in [5.74, 6) is -0.522. The Labute approximate surface area is 180 Å². The smallest absolute Gasteiger partial charge is 0.222 e. The maximum Gasteiger partial charge on any atom is 0.222 e. The van der Waals surface area contributed by atoms with Crippen LogP contribution in [-0.4, -0.2) is 17.8 Å². The number of anilines is 2. The zero-order valence-electron chi connectivity index (χ0n) is 17.3. The highest BCUT2D eigenvalue weighted by Crippen LogP contribution is 2.28. The number of nitrogens with one attached hydrogen (secondary N) is 3. The van der Waals surface area contributed by atoms with Crippen molar-refractivity contribution < 1.29 is 18.7 Å². The molecule has 0 saturated carbocycles. The largest absolute Gasteiger partial charge is 0.488 e. The van der Waals surface area contributed by atoms with Crippen molar-refractivity contribution in [1.29, 1.82) is 0 Å². The van der Waals surface area contributed by atoms with E-state index in [1.165, 1.54) is 26.0 Å². The van der Waals surface area contributed by atoms with E-state index in [9.17, 15) is 14.0 Å². The van der Waals surface area contributed by atoms with Crippen molar-refractivity contribution in [2.24, 2.45) is 0 Å². The van der Waals surface area contributed by atoms with Crippen LogP contribution in [0.2, 0.25) is 5.02 Å². The third-order valence-electron chi connectivity index (χ3n) is 3.77. The van der Waals surface area contributed by atoms with Crippen molar-refractivity contribution in [3.05, 3.63) is 64.7 Å². The van der Waals surface area contributed by atoms with Gasteiger partial charge in [0.2, 0.25) is 5.91 Å². The predicted octanol–water partition coefficient (Wildman–Crippen LogP) is 4.67. The van der Waals surface area contributed by atoms with Crippen LogP contribution in [-0.2, 0) is 16.1 Å². The fourth-order valence-corrected chi connectivity index (χ4v) is 2.79. The minimum atomic E-state index is -0.479. The summed E-state index contributed by atoms with van der Waals surface area (Å²) in [5, 5.41) is 9.24. The fourth-order valence-electron chi connectivity index (χ4n) is 2.62.